The van der Waals surface area contributed by atoms with Crippen molar-refractivity contribution in [2.24, 2.45) is 17.3 Å². The van der Waals surface area contributed by atoms with Crippen LogP contribution in [0.1, 0.15) is 39.2 Å². The summed E-state index contributed by atoms with van der Waals surface area (Å²) in [6.45, 7) is 8.77. The normalized spacial score (nSPS) is 21.7. The summed E-state index contributed by atoms with van der Waals surface area (Å²) >= 11 is 0. The maximum absolute atomic E-state index is 9.84. The first-order valence-electron chi connectivity index (χ1n) is 8.81. The van der Waals surface area contributed by atoms with Gasteiger partial charge in [-0.05, 0) is 60.9 Å². The molecule has 3 atom stereocenters. The maximum atomic E-state index is 9.84. The van der Waals surface area contributed by atoms with E-state index in [4.69, 9.17) is 4.74 Å². The van der Waals surface area contributed by atoms with Crippen LogP contribution in [0.3, 0.4) is 0 Å². The Bertz CT molecular complexity index is 809. The van der Waals surface area contributed by atoms with Gasteiger partial charge in [-0.2, -0.15) is 5.26 Å². The molecule has 3 rings (SSSR count). The van der Waals surface area contributed by atoms with Crippen molar-refractivity contribution in [1.82, 2.24) is 0 Å². The van der Waals surface area contributed by atoms with Crippen LogP contribution in [0.25, 0.3) is 0 Å². The van der Waals surface area contributed by atoms with Crippen LogP contribution in [0, 0.1) is 28.6 Å². The smallest absolute Gasteiger partial charge is 0.127 e. The van der Waals surface area contributed by atoms with Crippen LogP contribution in [-0.4, -0.2) is 0 Å². The largest absolute Gasteiger partial charge is 0.457 e. The highest BCUT2D eigenvalue weighted by Crippen LogP contribution is 2.64. The molecule has 128 valence electrons. The molecule has 0 bridgehead atoms. The molecule has 1 saturated carbocycles. The lowest BCUT2D eigenvalue weighted by Crippen LogP contribution is -2.03. The van der Waals surface area contributed by atoms with Gasteiger partial charge in [0.05, 0.1) is 12.0 Å². The fourth-order valence-corrected chi connectivity index (χ4v) is 3.79. The van der Waals surface area contributed by atoms with E-state index in [1.54, 1.807) is 0 Å². The third-order valence-electron chi connectivity index (χ3n) is 5.20. The molecule has 0 N–H and O–H groups in total. The minimum absolute atomic E-state index is 0.116. The van der Waals surface area contributed by atoms with E-state index in [-0.39, 0.29) is 11.3 Å². The molecular weight excluding hydrogens is 306 g/mol. The van der Waals surface area contributed by atoms with Gasteiger partial charge in [0, 0.05) is 0 Å². The van der Waals surface area contributed by atoms with Crippen molar-refractivity contribution in [3.63, 3.8) is 0 Å². The summed E-state index contributed by atoms with van der Waals surface area (Å²) in [6, 6.07) is 20.3. The van der Waals surface area contributed by atoms with E-state index >= 15 is 0 Å². The van der Waals surface area contributed by atoms with Gasteiger partial charge in [0.15, 0.2) is 0 Å². The molecule has 2 aromatic carbocycles. The van der Waals surface area contributed by atoms with Crippen LogP contribution in [0.2, 0.25) is 0 Å². The predicted molar refractivity (Wildman–Crippen MR) is 102 cm³/mol. The highest BCUT2D eigenvalue weighted by molar-refractivity contribution is 5.39. The lowest BCUT2D eigenvalue weighted by atomic mass is 9.91. The molecule has 0 aromatic heterocycles. The highest BCUT2D eigenvalue weighted by Gasteiger charge is 2.59. The van der Waals surface area contributed by atoms with E-state index in [9.17, 15) is 5.26 Å². The first-order valence-corrected chi connectivity index (χ1v) is 8.81. The topological polar surface area (TPSA) is 33.0 Å². The molecule has 0 spiro atoms. The molecule has 0 saturated heterocycles. The van der Waals surface area contributed by atoms with Crippen molar-refractivity contribution in [3.05, 3.63) is 71.8 Å². The molecule has 2 heteroatoms. The Morgan fingerprint density at radius 2 is 1.76 bits per heavy atom. The minimum atomic E-state index is -0.116. The Morgan fingerprint density at radius 3 is 2.40 bits per heavy atom. The summed E-state index contributed by atoms with van der Waals surface area (Å²) in [5.41, 5.74) is 2.52. The Kier molecular flexibility index (Phi) is 4.68. The first kappa shape index (κ1) is 17.3. The molecule has 3 unspecified atom stereocenters. The van der Waals surface area contributed by atoms with Crippen LogP contribution < -0.4 is 4.74 Å². The van der Waals surface area contributed by atoms with E-state index in [0.29, 0.717) is 11.8 Å². The van der Waals surface area contributed by atoms with Crippen LogP contribution in [-0.2, 0) is 0 Å². The van der Waals surface area contributed by atoms with Crippen LogP contribution in [0.4, 0.5) is 0 Å². The van der Waals surface area contributed by atoms with Gasteiger partial charge in [0.2, 0.25) is 0 Å². The second-order valence-electron chi connectivity index (χ2n) is 7.71. The fourth-order valence-electron chi connectivity index (χ4n) is 3.79. The van der Waals surface area contributed by atoms with Crippen molar-refractivity contribution in [2.45, 2.75) is 33.6 Å². The molecule has 2 nitrogen and oxygen atoms in total. The molecule has 2 aromatic rings. The molecule has 0 heterocycles. The maximum Gasteiger partial charge on any atom is 0.127 e. The van der Waals surface area contributed by atoms with Crippen LogP contribution in [0.15, 0.2) is 66.2 Å². The van der Waals surface area contributed by atoms with Crippen LogP contribution >= 0.6 is 0 Å². The van der Waals surface area contributed by atoms with Gasteiger partial charge >= 0.3 is 0 Å². The lowest BCUT2D eigenvalue weighted by Gasteiger charge is -2.13. The zero-order valence-corrected chi connectivity index (χ0v) is 15.4. The van der Waals surface area contributed by atoms with Gasteiger partial charge < -0.3 is 4.74 Å². The SMILES string of the molecule is CC(C)=CC1C(C(C#N)c2cccc(Oc3ccccc3)c2)C1(C)C. The van der Waals surface area contributed by atoms with Crippen molar-refractivity contribution in [1.29, 1.82) is 5.26 Å². The quantitative estimate of drug-likeness (QED) is 0.600. The Hall–Kier alpha value is -2.53. The minimum Gasteiger partial charge on any atom is -0.457 e. The average Bonchev–Trinajstić information content (AvgIpc) is 3.09. The molecule has 25 heavy (non-hydrogen) atoms. The number of rotatable bonds is 5. The molecule has 1 aliphatic carbocycles. The van der Waals surface area contributed by atoms with Gasteiger partial charge in [-0.3, -0.25) is 0 Å². The van der Waals surface area contributed by atoms with Gasteiger partial charge in [0.25, 0.3) is 0 Å². The predicted octanol–water partition coefficient (Wildman–Crippen LogP) is 6.32. The number of ether oxygens (including phenoxy) is 1. The number of allylic oxidation sites excluding steroid dienone is 2. The summed E-state index contributed by atoms with van der Waals surface area (Å²) in [7, 11) is 0. The summed E-state index contributed by atoms with van der Waals surface area (Å²) in [4.78, 5) is 0. The molecule has 0 radical (unpaired) electrons. The number of nitrogens with zero attached hydrogens (tertiary/aromatic N) is 1. The second kappa shape index (κ2) is 6.76. The number of para-hydroxylation sites is 1. The van der Waals surface area contributed by atoms with E-state index in [1.807, 2.05) is 54.6 Å². The lowest BCUT2D eigenvalue weighted by molar-refractivity contribution is 0.479. The summed E-state index contributed by atoms with van der Waals surface area (Å²) < 4.78 is 5.94. The number of hydrogen-bond donors (Lipinski definition) is 0. The van der Waals surface area contributed by atoms with Gasteiger partial charge in [-0.1, -0.05) is 55.8 Å². The average molecular weight is 331 g/mol. The second-order valence-corrected chi connectivity index (χ2v) is 7.71. The Labute approximate surface area is 150 Å². The summed E-state index contributed by atoms with van der Waals surface area (Å²) in [5, 5.41) is 9.84. The van der Waals surface area contributed by atoms with Gasteiger partial charge in [-0.15, -0.1) is 0 Å². The monoisotopic (exact) mass is 331 g/mol. The Morgan fingerprint density at radius 1 is 1.08 bits per heavy atom. The number of benzene rings is 2. The standard InChI is InChI=1S/C23H25NO/c1-16(2)13-21-22(23(21,3)4)20(15-24)17-9-8-12-19(14-17)25-18-10-6-5-7-11-18/h5-14,20-22H,1-4H3. The molecule has 0 amide bonds. The highest BCUT2D eigenvalue weighted by atomic mass is 16.5. The zero-order chi connectivity index (χ0) is 18.0. The molecular formula is C23H25NO. The molecule has 1 fully saturated rings. The third kappa shape index (κ3) is 3.61. The van der Waals surface area contributed by atoms with Crippen molar-refractivity contribution in [3.8, 4) is 17.6 Å². The summed E-state index contributed by atoms with van der Waals surface area (Å²) in [5.74, 6) is 2.28. The first-order chi connectivity index (χ1) is 11.9. The number of hydrogen-bond acceptors (Lipinski definition) is 2. The van der Waals surface area contributed by atoms with E-state index in [1.165, 1.54) is 5.57 Å². The molecule has 0 aliphatic heterocycles. The van der Waals surface area contributed by atoms with Gasteiger partial charge in [0.1, 0.15) is 11.5 Å². The van der Waals surface area contributed by atoms with E-state index in [0.717, 1.165) is 17.1 Å². The number of nitriles is 1. The zero-order valence-electron chi connectivity index (χ0n) is 15.4. The van der Waals surface area contributed by atoms with Crippen molar-refractivity contribution >= 4 is 0 Å². The van der Waals surface area contributed by atoms with Crippen molar-refractivity contribution < 1.29 is 4.74 Å². The Balaban J connectivity index is 1.84. The molecule has 1 aliphatic rings. The van der Waals surface area contributed by atoms with E-state index in [2.05, 4.69) is 39.8 Å². The van der Waals surface area contributed by atoms with Crippen LogP contribution in [0.5, 0.6) is 11.5 Å². The van der Waals surface area contributed by atoms with Gasteiger partial charge in [-0.25, -0.2) is 0 Å². The van der Waals surface area contributed by atoms with E-state index < -0.39 is 0 Å². The van der Waals surface area contributed by atoms with Crippen molar-refractivity contribution in [2.75, 3.05) is 0 Å². The third-order valence-corrected chi connectivity index (χ3v) is 5.20. The fraction of sp³-hybridized carbons (Fsp3) is 0.348. The summed E-state index contributed by atoms with van der Waals surface area (Å²) in [6.07, 6.45) is 2.32.